The minimum atomic E-state index is -0.289. The van der Waals surface area contributed by atoms with Crippen molar-refractivity contribution in [2.45, 2.75) is 26.5 Å². The summed E-state index contributed by atoms with van der Waals surface area (Å²) in [5, 5.41) is 5.73. The highest BCUT2D eigenvalue weighted by atomic mass is 16.5. The molecule has 0 fully saturated rings. The molecule has 29 heavy (non-hydrogen) atoms. The lowest BCUT2D eigenvalue weighted by Crippen LogP contribution is -2.23. The number of nitrogens with one attached hydrogen (secondary N) is 2. The molecular weight excluding hydrogens is 364 g/mol. The van der Waals surface area contributed by atoms with Crippen LogP contribution in [0.1, 0.15) is 40.1 Å². The van der Waals surface area contributed by atoms with E-state index in [0.717, 1.165) is 5.56 Å². The van der Waals surface area contributed by atoms with Gasteiger partial charge in [0.05, 0.1) is 11.7 Å². The Morgan fingerprint density at radius 3 is 2.34 bits per heavy atom. The molecule has 0 heterocycles. The Balaban J connectivity index is 1.68. The summed E-state index contributed by atoms with van der Waals surface area (Å²) in [5.41, 5.74) is 2.49. The van der Waals surface area contributed by atoms with E-state index in [4.69, 9.17) is 4.74 Å². The van der Waals surface area contributed by atoms with E-state index in [0.29, 0.717) is 29.1 Å². The summed E-state index contributed by atoms with van der Waals surface area (Å²) in [5.74, 6) is 0.0355. The van der Waals surface area contributed by atoms with E-state index in [1.807, 2.05) is 50.2 Å². The van der Waals surface area contributed by atoms with Gasteiger partial charge < -0.3 is 15.4 Å². The van der Waals surface area contributed by atoms with E-state index < -0.39 is 0 Å². The van der Waals surface area contributed by atoms with E-state index in [2.05, 4.69) is 10.6 Å². The van der Waals surface area contributed by atoms with Crippen LogP contribution in [0.4, 0.5) is 5.69 Å². The van der Waals surface area contributed by atoms with Gasteiger partial charge in [-0.2, -0.15) is 0 Å². The van der Waals surface area contributed by atoms with Crippen molar-refractivity contribution in [2.24, 2.45) is 0 Å². The quantitative estimate of drug-likeness (QED) is 0.619. The summed E-state index contributed by atoms with van der Waals surface area (Å²) in [4.78, 5) is 25.2. The molecule has 0 bridgehead atoms. The van der Waals surface area contributed by atoms with E-state index >= 15 is 0 Å². The van der Waals surface area contributed by atoms with Gasteiger partial charge >= 0.3 is 0 Å². The molecule has 3 aromatic rings. The van der Waals surface area contributed by atoms with Crippen molar-refractivity contribution in [3.63, 3.8) is 0 Å². The third-order valence-electron chi connectivity index (χ3n) is 4.17. The lowest BCUT2D eigenvalue weighted by atomic mass is 10.1. The van der Waals surface area contributed by atoms with Gasteiger partial charge in [-0.1, -0.05) is 48.5 Å². The van der Waals surface area contributed by atoms with Gasteiger partial charge in [-0.15, -0.1) is 0 Å². The van der Waals surface area contributed by atoms with Crippen LogP contribution in [0.2, 0.25) is 0 Å². The van der Waals surface area contributed by atoms with Gasteiger partial charge in [-0.3, -0.25) is 9.59 Å². The number of hydrogen-bond acceptors (Lipinski definition) is 3. The third-order valence-corrected chi connectivity index (χ3v) is 4.17. The number of hydrogen-bond donors (Lipinski definition) is 2. The van der Waals surface area contributed by atoms with Crippen molar-refractivity contribution in [2.75, 3.05) is 5.32 Å². The monoisotopic (exact) mass is 388 g/mol. The van der Waals surface area contributed by atoms with Crippen molar-refractivity contribution in [3.05, 3.63) is 95.6 Å². The Kier molecular flexibility index (Phi) is 6.63. The molecule has 0 saturated heterocycles. The minimum Gasteiger partial charge on any atom is -0.490 e. The topological polar surface area (TPSA) is 67.4 Å². The van der Waals surface area contributed by atoms with Crippen molar-refractivity contribution in [3.8, 4) is 5.75 Å². The molecule has 0 aliphatic carbocycles. The Morgan fingerprint density at radius 1 is 0.862 bits per heavy atom. The number of para-hydroxylation sites is 1. The van der Waals surface area contributed by atoms with Gasteiger partial charge in [-0.25, -0.2) is 0 Å². The fraction of sp³-hybridized carbons (Fsp3) is 0.167. The van der Waals surface area contributed by atoms with E-state index in [9.17, 15) is 9.59 Å². The molecule has 0 aliphatic rings. The normalized spacial score (nSPS) is 10.4. The minimum absolute atomic E-state index is 0.0411. The zero-order valence-corrected chi connectivity index (χ0v) is 16.5. The number of ether oxygens (including phenoxy) is 1. The van der Waals surface area contributed by atoms with Crippen LogP contribution < -0.4 is 15.4 Å². The molecule has 0 spiro atoms. The molecule has 3 rings (SSSR count). The summed E-state index contributed by atoms with van der Waals surface area (Å²) >= 11 is 0. The highest BCUT2D eigenvalue weighted by molar-refractivity contribution is 6.06. The Labute approximate surface area is 170 Å². The highest BCUT2D eigenvalue weighted by Gasteiger charge is 2.14. The molecule has 5 heteroatoms. The van der Waals surface area contributed by atoms with Crippen molar-refractivity contribution >= 4 is 17.5 Å². The summed E-state index contributed by atoms with van der Waals surface area (Å²) in [7, 11) is 0. The Bertz CT molecular complexity index is 984. The number of amides is 2. The molecule has 2 N–H and O–H groups in total. The smallest absolute Gasteiger partial charge is 0.259 e. The fourth-order valence-corrected chi connectivity index (χ4v) is 2.83. The van der Waals surface area contributed by atoms with E-state index in [1.165, 1.54) is 0 Å². The second kappa shape index (κ2) is 9.55. The molecule has 0 atom stereocenters. The van der Waals surface area contributed by atoms with Gasteiger partial charge in [0, 0.05) is 17.8 Å². The molecular formula is C24H24N2O3. The molecule has 0 saturated carbocycles. The van der Waals surface area contributed by atoms with Gasteiger partial charge in [0.1, 0.15) is 5.75 Å². The molecule has 0 aliphatic heterocycles. The summed E-state index contributed by atoms with van der Waals surface area (Å²) in [6.45, 7) is 4.26. The van der Waals surface area contributed by atoms with Crippen LogP contribution in [-0.4, -0.2) is 17.9 Å². The second-order valence-corrected chi connectivity index (χ2v) is 6.87. The van der Waals surface area contributed by atoms with Crippen LogP contribution in [0.15, 0.2) is 78.9 Å². The predicted molar refractivity (Wildman–Crippen MR) is 114 cm³/mol. The molecule has 0 radical (unpaired) electrons. The first-order valence-corrected chi connectivity index (χ1v) is 9.52. The van der Waals surface area contributed by atoms with Crippen LogP contribution in [0.25, 0.3) is 0 Å². The summed E-state index contributed by atoms with van der Waals surface area (Å²) in [6.07, 6.45) is -0.0411. The number of carbonyl (C=O) groups excluding carboxylic acids is 2. The molecule has 148 valence electrons. The van der Waals surface area contributed by atoms with Crippen LogP contribution >= 0.6 is 0 Å². The molecule has 2 amide bonds. The zero-order chi connectivity index (χ0) is 20.6. The number of benzene rings is 3. The third kappa shape index (κ3) is 5.69. The summed E-state index contributed by atoms with van der Waals surface area (Å²) in [6, 6.07) is 23.6. The van der Waals surface area contributed by atoms with Crippen molar-refractivity contribution < 1.29 is 14.3 Å². The average molecular weight is 388 g/mol. The highest BCUT2D eigenvalue weighted by Crippen LogP contribution is 2.21. The second-order valence-electron chi connectivity index (χ2n) is 6.87. The van der Waals surface area contributed by atoms with Crippen LogP contribution in [0.5, 0.6) is 5.75 Å². The van der Waals surface area contributed by atoms with Gasteiger partial charge in [0.15, 0.2) is 0 Å². The Hall–Kier alpha value is -3.60. The van der Waals surface area contributed by atoms with E-state index in [1.54, 1.807) is 42.5 Å². The number of carbonyl (C=O) groups is 2. The largest absolute Gasteiger partial charge is 0.490 e. The Morgan fingerprint density at radius 2 is 1.59 bits per heavy atom. The zero-order valence-electron chi connectivity index (χ0n) is 16.5. The maximum atomic E-state index is 12.7. The van der Waals surface area contributed by atoms with Gasteiger partial charge in [0.2, 0.25) is 0 Å². The first-order chi connectivity index (χ1) is 14.0. The molecule has 0 unspecified atom stereocenters. The molecule has 3 aromatic carbocycles. The van der Waals surface area contributed by atoms with Crippen LogP contribution in [0.3, 0.4) is 0 Å². The SMILES string of the molecule is CC(C)Oc1ccccc1C(=O)Nc1cccc(C(=O)NCc2ccccc2)c1. The van der Waals surface area contributed by atoms with Crippen LogP contribution in [0, 0.1) is 0 Å². The van der Waals surface area contributed by atoms with Crippen LogP contribution in [-0.2, 0) is 6.54 Å². The lowest BCUT2D eigenvalue weighted by Gasteiger charge is -2.14. The maximum absolute atomic E-state index is 12.7. The van der Waals surface area contributed by atoms with Gasteiger partial charge in [-0.05, 0) is 49.7 Å². The molecule has 5 nitrogen and oxygen atoms in total. The standard InChI is InChI=1S/C24H24N2O3/c1-17(2)29-22-14-7-6-13-21(22)24(28)26-20-12-8-11-19(15-20)23(27)25-16-18-9-4-3-5-10-18/h3-15,17H,16H2,1-2H3,(H,25,27)(H,26,28). The fourth-order valence-electron chi connectivity index (χ4n) is 2.83. The molecule has 0 aromatic heterocycles. The van der Waals surface area contributed by atoms with Crippen molar-refractivity contribution in [1.82, 2.24) is 5.32 Å². The number of rotatable bonds is 7. The number of anilines is 1. The summed E-state index contributed by atoms with van der Waals surface area (Å²) < 4.78 is 5.72. The van der Waals surface area contributed by atoms with Crippen molar-refractivity contribution in [1.29, 1.82) is 0 Å². The first-order valence-electron chi connectivity index (χ1n) is 9.52. The lowest BCUT2D eigenvalue weighted by molar-refractivity contribution is 0.0949. The first kappa shape index (κ1) is 20.1. The average Bonchev–Trinajstić information content (AvgIpc) is 2.73. The van der Waals surface area contributed by atoms with E-state index in [-0.39, 0.29) is 17.9 Å². The van der Waals surface area contributed by atoms with Gasteiger partial charge in [0.25, 0.3) is 11.8 Å². The predicted octanol–water partition coefficient (Wildman–Crippen LogP) is 4.66. The maximum Gasteiger partial charge on any atom is 0.259 e.